The second kappa shape index (κ2) is 9.07. The van der Waals surface area contributed by atoms with Crippen LogP contribution in [0.5, 0.6) is 0 Å². The molecule has 0 aliphatic rings. The van der Waals surface area contributed by atoms with Gasteiger partial charge in [-0.15, -0.1) is 0 Å². The lowest BCUT2D eigenvalue weighted by Gasteiger charge is -2.20. The van der Waals surface area contributed by atoms with Crippen LogP contribution in [0.1, 0.15) is 22.6 Å². The van der Waals surface area contributed by atoms with Crippen molar-refractivity contribution in [3.05, 3.63) is 76.2 Å². The highest BCUT2D eigenvalue weighted by molar-refractivity contribution is 6.32. The third-order valence-electron chi connectivity index (χ3n) is 5.95. The number of hydrogen-bond donors (Lipinski definition) is 2. The molecule has 10 heteroatoms. The number of hydrogen-bond acceptors (Lipinski definition) is 6. The summed E-state index contributed by atoms with van der Waals surface area (Å²) in [7, 11) is 0. The average molecular weight is 495 g/mol. The van der Waals surface area contributed by atoms with E-state index >= 15 is 0 Å². The molecule has 0 atom stereocenters. The molecule has 0 saturated carbocycles. The number of aromatic amines is 1. The molecule has 0 aliphatic heterocycles. The Balaban J connectivity index is 1.63. The molecule has 0 spiro atoms. The van der Waals surface area contributed by atoms with Gasteiger partial charge in [-0.2, -0.15) is 0 Å². The first-order chi connectivity index (χ1) is 16.8. The minimum absolute atomic E-state index is 0.408. The van der Waals surface area contributed by atoms with E-state index in [0.717, 1.165) is 28.3 Å². The van der Waals surface area contributed by atoms with Crippen LogP contribution in [0.15, 0.2) is 41.4 Å². The maximum absolute atomic E-state index is 14.3. The van der Waals surface area contributed by atoms with Crippen LogP contribution in [0.3, 0.4) is 0 Å². The third kappa shape index (κ3) is 4.23. The lowest BCUT2D eigenvalue weighted by Crippen LogP contribution is -2.09. The monoisotopic (exact) mass is 494 g/mol. The van der Waals surface area contributed by atoms with E-state index in [4.69, 9.17) is 16.1 Å². The molecule has 0 bridgehead atoms. The first kappa shape index (κ1) is 22.9. The molecular formula is C25H21ClF2N6O. The van der Waals surface area contributed by atoms with Gasteiger partial charge in [-0.3, -0.25) is 0 Å². The van der Waals surface area contributed by atoms with Crippen LogP contribution in [0, 0.1) is 32.4 Å². The van der Waals surface area contributed by atoms with Gasteiger partial charge in [0.15, 0.2) is 11.5 Å². The van der Waals surface area contributed by atoms with Crippen molar-refractivity contribution in [1.82, 2.24) is 25.1 Å². The molecule has 0 amide bonds. The molecule has 7 nitrogen and oxygen atoms in total. The average Bonchev–Trinajstić information content (AvgIpc) is 3.42. The van der Waals surface area contributed by atoms with E-state index in [1.165, 1.54) is 18.5 Å². The van der Waals surface area contributed by atoms with E-state index in [9.17, 15) is 8.78 Å². The van der Waals surface area contributed by atoms with E-state index in [1.54, 1.807) is 13.3 Å². The Hall–Kier alpha value is -3.85. The Bertz CT molecular complexity index is 1520. The van der Waals surface area contributed by atoms with Crippen LogP contribution in [-0.2, 0) is 6.42 Å². The first-order valence-corrected chi connectivity index (χ1v) is 11.3. The molecule has 3 heterocycles. The Labute approximate surface area is 204 Å². The van der Waals surface area contributed by atoms with E-state index in [1.807, 2.05) is 19.9 Å². The smallest absolute Gasteiger partial charge is 0.182 e. The maximum atomic E-state index is 14.3. The van der Waals surface area contributed by atoms with Gasteiger partial charge < -0.3 is 14.8 Å². The van der Waals surface area contributed by atoms with Gasteiger partial charge in [-0.1, -0.05) is 16.8 Å². The van der Waals surface area contributed by atoms with Gasteiger partial charge in [0.2, 0.25) is 0 Å². The van der Waals surface area contributed by atoms with Crippen molar-refractivity contribution in [2.24, 2.45) is 0 Å². The highest BCUT2D eigenvalue weighted by Gasteiger charge is 2.24. The summed E-state index contributed by atoms with van der Waals surface area (Å²) in [6.45, 7) is 5.97. The van der Waals surface area contributed by atoms with Gasteiger partial charge >= 0.3 is 0 Å². The zero-order valence-electron chi connectivity index (χ0n) is 19.2. The highest BCUT2D eigenvalue weighted by atomic mass is 35.5. The van der Waals surface area contributed by atoms with Gasteiger partial charge in [-0.05, 0) is 73.2 Å². The Morgan fingerprint density at radius 2 is 1.74 bits per heavy atom. The van der Waals surface area contributed by atoms with Crippen molar-refractivity contribution in [3.63, 3.8) is 0 Å². The molecule has 0 aliphatic carbocycles. The normalized spacial score (nSPS) is 11.4. The number of anilines is 1. The number of fused-ring (bicyclic) bond motifs is 1. The van der Waals surface area contributed by atoms with E-state index in [0.29, 0.717) is 57.6 Å². The zero-order valence-corrected chi connectivity index (χ0v) is 20.0. The Morgan fingerprint density at radius 3 is 2.46 bits per heavy atom. The summed E-state index contributed by atoms with van der Waals surface area (Å²) in [5.41, 5.74) is 6.07. The predicted molar refractivity (Wildman–Crippen MR) is 130 cm³/mol. The van der Waals surface area contributed by atoms with E-state index < -0.39 is 11.6 Å². The molecule has 2 aromatic carbocycles. The van der Waals surface area contributed by atoms with E-state index in [2.05, 4.69) is 30.4 Å². The van der Waals surface area contributed by atoms with Gasteiger partial charge in [0, 0.05) is 23.2 Å². The van der Waals surface area contributed by atoms with Gasteiger partial charge in [0.05, 0.1) is 12.0 Å². The predicted octanol–water partition coefficient (Wildman–Crippen LogP) is 6.19. The fourth-order valence-corrected chi connectivity index (χ4v) is 4.62. The SMILES string of the molecule is Cc1noc(C)c1-c1c(C)c(Cl)cc(CCNc2ncnc3nc[nH]c23)c1-c1cc(F)cc(F)c1. The number of H-pyrrole nitrogens is 1. The van der Waals surface area contributed by atoms with Crippen molar-refractivity contribution < 1.29 is 13.3 Å². The Morgan fingerprint density at radius 1 is 0.971 bits per heavy atom. The number of aromatic nitrogens is 5. The fraction of sp³-hybridized carbons (Fsp3) is 0.200. The number of nitrogens with zero attached hydrogens (tertiary/aromatic N) is 4. The minimum Gasteiger partial charge on any atom is -0.368 e. The zero-order chi connectivity index (χ0) is 24.7. The summed E-state index contributed by atoms with van der Waals surface area (Å²) in [5, 5.41) is 7.91. The molecule has 178 valence electrons. The summed E-state index contributed by atoms with van der Waals surface area (Å²) in [5.74, 6) is -0.124. The van der Waals surface area contributed by atoms with Crippen LogP contribution in [0.4, 0.5) is 14.6 Å². The largest absolute Gasteiger partial charge is 0.368 e. The molecule has 2 N–H and O–H groups in total. The fourth-order valence-electron chi connectivity index (χ4n) is 4.39. The number of halogens is 3. The van der Waals surface area contributed by atoms with Crippen LogP contribution >= 0.6 is 11.6 Å². The molecule has 5 aromatic rings. The molecule has 35 heavy (non-hydrogen) atoms. The number of benzene rings is 2. The standard InChI is InChI=1S/C25H21ClF2N6O/c1-12-19(26)8-15(4-5-29-24-23-25(31-10-30-23)33-11-32-24)22(16-6-17(27)9-18(28)7-16)20(12)21-13(2)34-35-14(21)3/h6-11H,4-5H2,1-3H3,(H2,29,30,31,32,33). The topological polar surface area (TPSA) is 92.5 Å². The van der Waals surface area contributed by atoms with Crippen LogP contribution < -0.4 is 5.32 Å². The van der Waals surface area contributed by atoms with E-state index in [-0.39, 0.29) is 0 Å². The van der Waals surface area contributed by atoms with Crippen molar-refractivity contribution >= 4 is 28.6 Å². The molecule has 0 unspecified atom stereocenters. The third-order valence-corrected chi connectivity index (χ3v) is 6.34. The summed E-state index contributed by atoms with van der Waals surface area (Å²) < 4.78 is 34.1. The maximum Gasteiger partial charge on any atom is 0.182 e. The van der Waals surface area contributed by atoms with Crippen LogP contribution in [-0.4, -0.2) is 31.6 Å². The number of imidazole rings is 1. The van der Waals surface area contributed by atoms with Gasteiger partial charge in [-0.25, -0.2) is 23.7 Å². The lowest BCUT2D eigenvalue weighted by molar-refractivity contribution is 0.393. The summed E-state index contributed by atoms with van der Waals surface area (Å²) in [6, 6.07) is 5.34. The van der Waals surface area contributed by atoms with Crippen molar-refractivity contribution in [1.29, 1.82) is 0 Å². The number of rotatable bonds is 6. The molecule has 3 aromatic heterocycles. The van der Waals surface area contributed by atoms with Crippen molar-refractivity contribution in [2.75, 3.05) is 11.9 Å². The highest BCUT2D eigenvalue weighted by Crippen LogP contribution is 2.43. The van der Waals surface area contributed by atoms with Crippen LogP contribution in [0.2, 0.25) is 5.02 Å². The summed E-state index contributed by atoms with van der Waals surface area (Å²) in [6.07, 6.45) is 3.48. The lowest BCUT2D eigenvalue weighted by atomic mass is 9.85. The van der Waals surface area contributed by atoms with Crippen molar-refractivity contribution in [2.45, 2.75) is 27.2 Å². The van der Waals surface area contributed by atoms with Crippen molar-refractivity contribution in [3.8, 4) is 22.3 Å². The molecule has 5 rings (SSSR count). The van der Waals surface area contributed by atoms with Gasteiger partial charge in [0.1, 0.15) is 29.2 Å². The molecule has 0 fully saturated rings. The minimum atomic E-state index is -0.663. The summed E-state index contributed by atoms with van der Waals surface area (Å²) >= 11 is 6.67. The first-order valence-electron chi connectivity index (χ1n) is 10.9. The van der Waals surface area contributed by atoms with Crippen LogP contribution in [0.25, 0.3) is 33.4 Å². The summed E-state index contributed by atoms with van der Waals surface area (Å²) in [4.78, 5) is 15.6. The molecule has 0 radical (unpaired) electrons. The quantitative estimate of drug-likeness (QED) is 0.292. The number of aryl methyl sites for hydroxylation is 2. The second-order valence-corrected chi connectivity index (χ2v) is 8.66. The van der Waals surface area contributed by atoms with Gasteiger partial charge in [0.25, 0.3) is 0 Å². The number of nitrogens with one attached hydrogen (secondary N) is 2. The Kier molecular flexibility index (Phi) is 5.94. The second-order valence-electron chi connectivity index (χ2n) is 8.25. The molecule has 0 saturated heterocycles. The molecular weight excluding hydrogens is 474 g/mol.